The van der Waals surface area contributed by atoms with Crippen molar-refractivity contribution in [1.29, 1.82) is 0 Å². The Morgan fingerprint density at radius 3 is 2.68 bits per heavy atom. The average molecular weight is 381 g/mol. The molecule has 1 N–H and O–H groups in total. The molecule has 1 aromatic carbocycles. The van der Waals surface area contributed by atoms with E-state index in [1.54, 1.807) is 29.5 Å². The Labute approximate surface area is 142 Å². The fourth-order valence-corrected chi connectivity index (χ4v) is 3.69. The molecular weight excluding hydrogens is 364 g/mol. The summed E-state index contributed by atoms with van der Waals surface area (Å²) in [5, 5.41) is 12.0. The lowest BCUT2D eigenvalue weighted by Crippen LogP contribution is -2.48. The smallest absolute Gasteiger partial charge is 0.257 e. The molecule has 1 aliphatic rings. The number of amides is 1. The number of carbonyl (C=O) groups excluding carboxylic acids is 1. The first-order chi connectivity index (χ1) is 10.6. The number of phenols is 1. The van der Waals surface area contributed by atoms with E-state index in [9.17, 15) is 9.90 Å². The molecule has 0 aliphatic carbocycles. The van der Waals surface area contributed by atoms with Gasteiger partial charge < -0.3 is 10.0 Å². The van der Waals surface area contributed by atoms with Crippen LogP contribution in [0.25, 0.3) is 0 Å². The standard InChI is InChI=1S/C16H17BrN2O2S/c17-12-3-4-15(20)14(10-12)16(21)19-7-5-18(6-8-19)11-13-2-1-9-22-13/h1-4,9-10,20H,5-8,11H2. The van der Waals surface area contributed by atoms with Crippen LogP contribution in [0.5, 0.6) is 5.75 Å². The zero-order chi connectivity index (χ0) is 15.5. The van der Waals surface area contributed by atoms with E-state index in [0.29, 0.717) is 18.7 Å². The molecule has 116 valence electrons. The van der Waals surface area contributed by atoms with Gasteiger partial charge in [0.05, 0.1) is 5.56 Å². The maximum atomic E-state index is 12.5. The van der Waals surface area contributed by atoms with Crippen molar-refractivity contribution in [1.82, 2.24) is 9.80 Å². The van der Waals surface area contributed by atoms with Crippen LogP contribution in [0.1, 0.15) is 15.2 Å². The molecule has 4 nitrogen and oxygen atoms in total. The highest BCUT2D eigenvalue weighted by Gasteiger charge is 2.24. The van der Waals surface area contributed by atoms with Crippen molar-refractivity contribution in [3.63, 3.8) is 0 Å². The molecule has 0 saturated carbocycles. The lowest BCUT2D eigenvalue weighted by molar-refractivity contribution is 0.0626. The van der Waals surface area contributed by atoms with Gasteiger partial charge in [0.2, 0.25) is 0 Å². The highest BCUT2D eigenvalue weighted by molar-refractivity contribution is 9.10. The Morgan fingerprint density at radius 1 is 1.23 bits per heavy atom. The molecular formula is C16H17BrN2O2S. The number of benzene rings is 1. The van der Waals surface area contributed by atoms with Crippen LogP contribution in [0.15, 0.2) is 40.2 Å². The van der Waals surface area contributed by atoms with Crippen molar-refractivity contribution in [2.24, 2.45) is 0 Å². The Kier molecular flexibility index (Phi) is 4.81. The molecule has 1 aromatic heterocycles. The molecule has 0 unspecified atom stereocenters. The summed E-state index contributed by atoms with van der Waals surface area (Å²) in [6, 6.07) is 9.16. The summed E-state index contributed by atoms with van der Waals surface area (Å²) in [4.78, 5) is 18.0. The van der Waals surface area contributed by atoms with E-state index in [4.69, 9.17) is 0 Å². The van der Waals surface area contributed by atoms with Crippen LogP contribution in [-0.4, -0.2) is 47.0 Å². The van der Waals surface area contributed by atoms with Gasteiger partial charge in [-0.15, -0.1) is 11.3 Å². The third kappa shape index (κ3) is 3.51. The first-order valence-corrected chi connectivity index (χ1v) is 8.83. The molecule has 6 heteroatoms. The molecule has 0 spiro atoms. The van der Waals surface area contributed by atoms with Crippen molar-refractivity contribution in [3.05, 3.63) is 50.6 Å². The zero-order valence-electron chi connectivity index (χ0n) is 12.0. The fourth-order valence-electron chi connectivity index (χ4n) is 2.58. The Hall–Kier alpha value is -1.37. The number of carbonyl (C=O) groups is 1. The van der Waals surface area contributed by atoms with Crippen LogP contribution < -0.4 is 0 Å². The third-order valence-electron chi connectivity index (χ3n) is 3.81. The van der Waals surface area contributed by atoms with Crippen molar-refractivity contribution >= 4 is 33.2 Å². The second-order valence-electron chi connectivity index (χ2n) is 5.31. The molecule has 0 atom stereocenters. The summed E-state index contributed by atoms with van der Waals surface area (Å²) < 4.78 is 0.796. The molecule has 1 saturated heterocycles. The van der Waals surface area contributed by atoms with Gasteiger partial charge in [0, 0.05) is 42.1 Å². The van der Waals surface area contributed by atoms with Gasteiger partial charge in [-0.25, -0.2) is 0 Å². The maximum Gasteiger partial charge on any atom is 0.257 e. The van der Waals surface area contributed by atoms with Crippen LogP contribution >= 0.6 is 27.3 Å². The molecule has 1 aliphatic heterocycles. The molecule has 3 rings (SSSR count). The largest absolute Gasteiger partial charge is 0.507 e. The number of thiophene rings is 1. The summed E-state index contributed by atoms with van der Waals surface area (Å²) in [5.41, 5.74) is 0.362. The first-order valence-electron chi connectivity index (χ1n) is 7.16. The Bertz CT molecular complexity index is 652. The maximum absolute atomic E-state index is 12.5. The minimum Gasteiger partial charge on any atom is -0.507 e. The van der Waals surface area contributed by atoms with Crippen molar-refractivity contribution in [3.8, 4) is 5.75 Å². The van der Waals surface area contributed by atoms with Crippen molar-refractivity contribution in [2.45, 2.75) is 6.54 Å². The van der Waals surface area contributed by atoms with Gasteiger partial charge in [-0.05, 0) is 29.6 Å². The normalized spacial score (nSPS) is 16.0. The predicted molar refractivity (Wildman–Crippen MR) is 91.3 cm³/mol. The zero-order valence-corrected chi connectivity index (χ0v) is 14.4. The van der Waals surface area contributed by atoms with Gasteiger partial charge in [0.15, 0.2) is 0 Å². The van der Waals surface area contributed by atoms with E-state index in [2.05, 4.69) is 38.3 Å². The molecule has 2 aromatic rings. The molecule has 2 heterocycles. The van der Waals surface area contributed by atoms with E-state index in [1.807, 2.05) is 4.90 Å². The summed E-state index contributed by atoms with van der Waals surface area (Å²) in [6.07, 6.45) is 0. The Balaban J connectivity index is 1.61. The number of phenolic OH excluding ortho intramolecular Hbond substituents is 1. The second-order valence-corrected chi connectivity index (χ2v) is 7.26. The van der Waals surface area contributed by atoms with Gasteiger partial charge in [-0.3, -0.25) is 9.69 Å². The van der Waals surface area contributed by atoms with Crippen molar-refractivity contribution in [2.75, 3.05) is 26.2 Å². The lowest BCUT2D eigenvalue weighted by Gasteiger charge is -2.34. The number of piperazine rings is 1. The number of hydrogen-bond donors (Lipinski definition) is 1. The molecule has 0 bridgehead atoms. The predicted octanol–water partition coefficient (Wildman–Crippen LogP) is 3.17. The number of rotatable bonds is 3. The minimum absolute atomic E-state index is 0.0363. The van der Waals surface area contributed by atoms with Gasteiger partial charge in [-0.2, -0.15) is 0 Å². The number of aromatic hydroxyl groups is 1. The topological polar surface area (TPSA) is 43.8 Å². The van der Waals surface area contributed by atoms with Gasteiger partial charge in [0.1, 0.15) is 5.75 Å². The van der Waals surface area contributed by atoms with Gasteiger partial charge in [0.25, 0.3) is 5.91 Å². The highest BCUT2D eigenvalue weighted by atomic mass is 79.9. The quantitative estimate of drug-likeness (QED) is 0.888. The minimum atomic E-state index is -0.102. The highest BCUT2D eigenvalue weighted by Crippen LogP contribution is 2.24. The molecule has 22 heavy (non-hydrogen) atoms. The van der Waals surface area contributed by atoms with Gasteiger partial charge in [-0.1, -0.05) is 22.0 Å². The lowest BCUT2D eigenvalue weighted by atomic mass is 10.1. The summed E-state index contributed by atoms with van der Waals surface area (Å²) >= 11 is 5.11. The van der Waals surface area contributed by atoms with Gasteiger partial charge >= 0.3 is 0 Å². The monoisotopic (exact) mass is 380 g/mol. The van der Waals surface area contributed by atoms with Crippen LogP contribution in [0.4, 0.5) is 0 Å². The molecule has 1 amide bonds. The number of halogens is 1. The number of nitrogens with zero attached hydrogens (tertiary/aromatic N) is 2. The second kappa shape index (κ2) is 6.81. The van der Waals surface area contributed by atoms with E-state index in [-0.39, 0.29) is 11.7 Å². The fraction of sp³-hybridized carbons (Fsp3) is 0.312. The van der Waals surface area contributed by atoms with Crippen LogP contribution in [0.2, 0.25) is 0 Å². The Morgan fingerprint density at radius 2 is 2.00 bits per heavy atom. The molecule has 1 fully saturated rings. The van der Waals surface area contributed by atoms with Crippen LogP contribution in [0, 0.1) is 0 Å². The summed E-state index contributed by atoms with van der Waals surface area (Å²) in [7, 11) is 0. The van der Waals surface area contributed by atoms with E-state index in [1.165, 1.54) is 4.88 Å². The molecule has 0 radical (unpaired) electrons. The first kappa shape index (κ1) is 15.5. The summed E-state index contributed by atoms with van der Waals surface area (Å²) in [5.74, 6) is -0.0659. The van der Waals surface area contributed by atoms with E-state index in [0.717, 1.165) is 24.1 Å². The van der Waals surface area contributed by atoms with E-state index >= 15 is 0 Å². The number of hydrogen-bond acceptors (Lipinski definition) is 4. The average Bonchev–Trinajstić information content (AvgIpc) is 3.03. The third-order valence-corrected chi connectivity index (χ3v) is 5.16. The summed E-state index contributed by atoms with van der Waals surface area (Å²) in [6.45, 7) is 4.05. The van der Waals surface area contributed by atoms with Crippen LogP contribution in [-0.2, 0) is 6.54 Å². The SMILES string of the molecule is O=C(c1cc(Br)ccc1O)N1CCN(Cc2cccs2)CC1. The van der Waals surface area contributed by atoms with Crippen LogP contribution in [0.3, 0.4) is 0 Å². The van der Waals surface area contributed by atoms with Crippen molar-refractivity contribution < 1.29 is 9.90 Å². The van der Waals surface area contributed by atoms with E-state index < -0.39 is 0 Å².